The van der Waals surface area contributed by atoms with Gasteiger partial charge in [0.2, 0.25) is 5.91 Å². The zero-order valence-corrected chi connectivity index (χ0v) is 12.7. The SMILES string of the molecule is CC1(CNC(=O)CSC2CCNCC2)CCOCC1. The van der Waals surface area contributed by atoms with Crippen LogP contribution in [0.5, 0.6) is 0 Å². The van der Waals surface area contributed by atoms with E-state index in [1.54, 1.807) is 0 Å². The molecule has 1 amide bonds. The fourth-order valence-corrected chi connectivity index (χ4v) is 3.62. The van der Waals surface area contributed by atoms with Gasteiger partial charge in [-0.3, -0.25) is 4.79 Å². The highest BCUT2D eigenvalue weighted by atomic mass is 32.2. The summed E-state index contributed by atoms with van der Waals surface area (Å²) in [5.41, 5.74) is 0.229. The molecule has 0 unspecified atom stereocenters. The van der Waals surface area contributed by atoms with Crippen molar-refractivity contribution in [3.63, 3.8) is 0 Å². The Labute approximate surface area is 120 Å². The van der Waals surface area contributed by atoms with E-state index in [0.717, 1.165) is 45.7 Å². The van der Waals surface area contributed by atoms with E-state index in [1.807, 2.05) is 11.8 Å². The molecule has 2 heterocycles. The molecule has 0 saturated carbocycles. The first-order valence-electron chi connectivity index (χ1n) is 7.35. The number of carbonyl (C=O) groups is 1. The van der Waals surface area contributed by atoms with Crippen LogP contribution >= 0.6 is 11.8 Å². The minimum atomic E-state index is 0.191. The van der Waals surface area contributed by atoms with Crippen LogP contribution in [0.25, 0.3) is 0 Å². The lowest BCUT2D eigenvalue weighted by Gasteiger charge is -2.33. The smallest absolute Gasteiger partial charge is 0.230 e. The van der Waals surface area contributed by atoms with Crippen LogP contribution in [0.1, 0.15) is 32.6 Å². The highest BCUT2D eigenvalue weighted by Crippen LogP contribution is 2.28. The minimum Gasteiger partial charge on any atom is -0.381 e. The Kier molecular flexibility index (Phi) is 5.98. The van der Waals surface area contributed by atoms with Gasteiger partial charge in [0.15, 0.2) is 0 Å². The van der Waals surface area contributed by atoms with Gasteiger partial charge < -0.3 is 15.4 Å². The Bertz CT molecular complexity index is 287. The van der Waals surface area contributed by atoms with Crippen LogP contribution in [0.4, 0.5) is 0 Å². The Morgan fingerprint density at radius 1 is 1.37 bits per heavy atom. The van der Waals surface area contributed by atoms with E-state index < -0.39 is 0 Å². The molecule has 0 aromatic rings. The van der Waals surface area contributed by atoms with Gasteiger partial charge in [-0.25, -0.2) is 0 Å². The van der Waals surface area contributed by atoms with Gasteiger partial charge in [0, 0.05) is 25.0 Å². The van der Waals surface area contributed by atoms with Crippen molar-refractivity contribution in [1.29, 1.82) is 0 Å². The number of hydrogen-bond donors (Lipinski definition) is 2. The van der Waals surface area contributed by atoms with Crippen molar-refractivity contribution >= 4 is 17.7 Å². The number of thioether (sulfide) groups is 1. The monoisotopic (exact) mass is 286 g/mol. The second-order valence-corrected chi connectivity index (χ2v) is 7.25. The third-order valence-electron chi connectivity index (χ3n) is 4.15. The molecule has 0 aliphatic carbocycles. The van der Waals surface area contributed by atoms with Crippen molar-refractivity contribution in [3.05, 3.63) is 0 Å². The summed E-state index contributed by atoms with van der Waals surface area (Å²) >= 11 is 1.81. The lowest BCUT2D eigenvalue weighted by atomic mass is 9.82. The number of amides is 1. The fraction of sp³-hybridized carbons (Fsp3) is 0.929. The number of hydrogen-bond acceptors (Lipinski definition) is 4. The summed E-state index contributed by atoms with van der Waals surface area (Å²) in [5.74, 6) is 0.799. The second kappa shape index (κ2) is 7.50. The average Bonchev–Trinajstić information content (AvgIpc) is 2.45. The molecule has 2 saturated heterocycles. The topological polar surface area (TPSA) is 50.4 Å². The maximum atomic E-state index is 11.9. The normalized spacial score (nSPS) is 24.1. The van der Waals surface area contributed by atoms with Crippen LogP contribution in [0.2, 0.25) is 0 Å². The van der Waals surface area contributed by atoms with Gasteiger partial charge in [0.05, 0.1) is 5.75 Å². The van der Waals surface area contributed by atoms with Gasteiger partial charge in [-0.1, -0.05) is 6.92 Å². The van der Waals surface area contributed by atoms with E-state index in [-0.39, 0.29) is 11.3 Å². The molecule has 110 valence electrons. The molecule has 5 heteroatoms. The molecule has 2 aliphatic heterocycles. The van der Waals surface area contributed by atoms with Crippen molar-refractivity contribution in [2.45, 2.75) is 37.9 Å². The molecule has 0 atom stereocenters. The van der Waals surface area contributed by atoms with Crippen molar-refractivity contribution in [2.75, 3.05) is 38.6 Å². The lowest BCUT2D eigenvalue weighted by molar-refractivity contribution is -0.119. The molecule has 0 bridgehead atoms. The van der Waals surface area contributed by atoms with Gasteiger partial charge in [-0.05, 0) is 44.2 Å². The van der Waals surface area contributed by atoms with Crippen molar-refractivity contribution in [3.8, 4) is 0 Å². The molecule has 19 heavy (non-hydrogen) atoms. The van der Waals surface area contributed by atoms with Crippen LogP contribution in [0, 0.1) is 5.41 Å². The summed E-state index contributed by atoms with van der Waals surface area (Å²) in [7, 11) is 0. The Morgan fingerprint density at radius 3 is 2.74 bits per heavy atom. The first-order chi connectivity index (χ1) is 9.18. The van der Waals surface area contributed by atoms with E-state index in [9.17, 15) is 4.79 Å². The van der Waals surface area contributed by atoms with Gasteiger partial charge in [-0.2, -0.15) is 0 Å². The maximum absolute atomic E-state index is 11.9. The van der Waals surface area contributed by atoms with Crippen molar-refractivity contribution in [2.24, 2.45) is 5.41 Å². The minimum absolute atomic E-state index is 0.191. The number of ether oxygens (including phenoxy) is 1. The summed E-state index contributed by atoms with van der Waals surface area (Å²) in [5, 5.41) is 7.11. The first-order valence-corrected chi connectivity index (χ1v) is 8.40. The molecule has 2 fully saturated rings. The molecule has 0 aromatic carbocycles. The predicted molar refractivity (Wildman–Crippen MR) is 79.5 cm³/mol. The number of rotatable bonds is 5. The number of carbonyl (C=O) groups excluding carboxylic acids is 1. The summed E-state index contributed by atoms with van der Waals surface area (Å²) in [6.45, 7) is 6.89. The van der Waals surface area contributed by atoms with E-state index in [2.05, 4.69) is 17.6 Å². The molecule has 2 N–H and O–H groups in total. The Morgan fingerprint density at radius 2 is 2.05 bits per heavy atom. The van der Waals surface area contributed by atoms with Crippen molar-refractivity contribution < 1.29 is 9.53 Å². The lowest BCUT2D eigenvalue weighted by Crippen LogP contribution is -2.40. The largest absolute Gasteiger partial charge is 0.381 e. The summed E-state index contributed by atoms with van der Waals surface area (Å²) in [6.07, 6.45) is 4.48. The van der Waals surface area contributed by atoms with Gasteiger partial charge in [-0.15, -0.1) is 11.8 Å². The summed E-state index contributed by atoms with van der Waals surface area (Å²) in [6, 6.07) is 0. The fourth-order valence-electron chi connectivity index (χ4n) is 2.56. The molecule has 0 aromatic heterocycles. The van der Waals surface area contributed by atoms with Crippen LogP contribution in [0.3, 0.4) is 0 Å². The Hall–Kier alpha value is -0.260. The average molecular weight is 286 g/mol. The maximum Gasteiger partial charge on any atom is 0.230 e. The van der Waals surface area contributed by atoms with Crippen LogP contribution in [-0.2, 0) is 9.53 Å². The quantitative estimate of drug-likeness (QED) is 0.802. The second-order valence-electron chi connectivity index (χ2n) is 5.96. The summed E-state index contributed by atoms with van der Waals surface area (Å²) in [4.78, 5) is 11.9. The van der Waals surface area contributed by atoms with E-state index >= 15 is 0 Å². The highest BCUT2D eigenvalue weighted by molar-refractivity contribution is 8.00. The molecular weight excluding hydrogens is 260 g/mol. The van der Waals surface area contributed by atoms with Gasteiger partial charge in [0.1, 0.15) is 0 Å². The zero-order chi connectivity index (χ0) is 13.6. The van der Waals surface area contributed by atoms with Gasteiger partial charge in [0.25, 0.3) is 0 Å². The molecule has 2 rings (SSSR count). The highest BCUT2D eigenvalue weighted by Gasteiger charge is 2.27. The third kappa shape index (κ3) is 5.32. The standard InChI is InChI=1S/C14H26N2O2S/c1-14(4-8-18-9-5-14)11-16-13(17)10-19-12-2-6-15-7-3-12/h12,15H,2-11H2,1H3,(H,16,17). The predicted octanol–water partition coefficient (Wildman–Crippen LogP) is 1.40. The Balaban J connectivity index is 1.61. The molecular formula is C14H26N2O2S. The van der Waals surface area contributed by atoms with Gasteiger partial charge >= 0.3 is 0 Å². The van der Waals surface area contributed by atoms with Crippen LogP contribution in [-0.4, -0.2) is 49.8 Å². The molecule has 0 spiro atoms. The molecule has 0 radical (unpaired) electrons. The number of piperidine rings is 1. The van der Waals surface area contributed by atoms with Crippen LogP contribution < -0.4 is 10.6 Å². The summed E-state index contributed by atoms with van der Waals surface area (Å²) < 4.78 is 5.38. The molecule has 4 nitrogen and oxygen atoms in total. The van der Waals surface area contributed by atoms with E-state index in [1.165, 1.54) is 12.8 Å². The van der Waals surface area contributed by atoms with E-state index in [4.69, 9.17) is 4.74 Å². The zero-order valence-electron chi connectivity index (χ0n) is 11.9. The van der Waals surface area contributed by atoms with E-state index in [0.29, 0.717) is 11.0 Å². The third-order valence-corrected chi connectivity index (χ3v) is 5.52. The van der Waals surface area contributed by atoms with Crippen molar-refractivity contribution in [1.82, 2.24) is 10.6 Å². The first kappa shape index (κ1) is 15.1. The molecule has 2 aliphatic rings. The number of nitrogens with one attached hydrogen (secondary N) is 2. The van der Waals surface area contributed by atoms with Crippen LogP contribution in [0.15, 0.2) is 0 Å².